The summed E-state index contributed by atoms with van der Waals surface area (Å²) < 4.78 is 0. The molecule has 2 aliphatic carbocycles. The van der Waals surface area contributed by atoms with Crippen molar-refractivity contribution in [3.05, 3.63) is 58.7 Å². The van der Waals surface area contributed by atoms with Crippen LogP contribution in [0.5, 0.6) is 11.5 Å². The first-order valence-electron chi connectivity index (χ1n) is 12.5. The average molecular weight is 457 g/mol. The van der Waals surface area contributed by atoms with Crippen LogP contribution >= 0.6 is 0 Å². The minimum absolute atomic E-state index is 0.0514. The molecule has 2 N–H and O–H groups in total. The van der Waals surface area contributed by atoms with E-state index in [0.717, 1.165) is 51.4 Å². The van der Waals surface area contributed by atoms with E-state index in [1.54, 1.807) is 24.9 Å². The molecule has 2 saturated carbocycles. The second kappa shape index (κ2) is 10.3. The first-order chi connectivity index (χ1) is 16.7. The molecule has 0 saturated heterocycles. The van der Waals surface area contributed by atoms with Gasteiger partial charge in [-0.15, -0.1) is 0 Å². The lowest BCUT2D eigenvalue weighted by molar-refractivity contribution is 0.389. The van der Waals surface area contributed by atoms with E-state index in [4.69, 9.17) is 20.0 Å². The summed E-state index contributed by atoms with van der Waals surface area (Å²) in [5.41, 5.74) is 2.78. The molecule has 176 valence electrons. The summed E-state index contributed by atoms with van der Waals surface area (Å²) in [5, 5.41) is 21.8. The number of hydrogen-bond acceptors (Lipinski definition) is 6. The van der Waals surface area contributed by atoms with Gasteiger partial charge in [-0.25, -0.2) is 0 Å². The highest BCUT2D eigenvalue weighted by molar-refractivity contribution is 5.93. The lowest BCUT2D eigenvalue weighted by Gasteiger charge is -2.26. The van der Waals surface area contributed by atoms with Crippen LogP contribution in [0.15, 0.2) is 56.4 Å². The number of aromatic hydroxyl groups is 2. The number of phenolic OH excluding ortho intramolecular Hbond substituents is 2. The third-order valence-corrected chi connectivity index (χ3v) is 7.21. The Bertz CT molecular complexity index is 967. The monoisotopic (exact) mass is 456 g/mol. The van der Waals surface area contributed by atoms with Crippen LogP contribution in [0, 0.1) is 0 Å². The first kappa shape index (κ1) is 22.5. The molecule has 0 unspecified atom stereocenters. The topological polar surface area (TPSA) is 89.9 Å². The zero-order valence-corrected chi connectivity index (χ0v) is 19.4. The Kier molecular flexibility index (Phi) is 6.84. The normalized spacial score (nSPS) is 26.8. The van der Waals surface area contributed by atoms with Gasteiger partial charge in [-0.2, -0.15) is 0 Å². The van der Waals surface area contributed by atoms with E-state index >= 15 is 0 Å². The van der Waals surface area contributed by atoms with E-state index in [0.29, 0.717) is 22.3 Å². The summed E-state index contributed by atoms with van der Waals surface area (Å²) in [7, 11) is 0. The van der Waals surface area contributed by atoms with Crippen LogP contribution in [0.2, 0.25) is 0 Å². The van der Waals surface area contributed by atoms with Gasteiger partial charge in [0.25, 0.3) is 0 Å². The molecule has 4 bridgehead atoms. The van der Waals surface area contributed by atoms with E-state index in [-0.39, 0.29) is 35.7 Å². The van der Waals surface area contributed by atoms with Crippen LogP contribution in [0.4, 0.5) is 0 Å². The minimum Gasteiger partial charge on any atom is -0.507 e. The van der Waals surface area contributed by atoms with Gasteiger partial charge in [-0.3, -0.25) is 20.0 Å². The lowest BCUT2D eigenvalue weighted by Crippen LogP contribution is -2.27. The quantitative estimate of drug-likeness (QED) is 0.577. The van der Waals surface area contributed by atoms with Gasteiger partial charge < -0.3 is 10.2 Å². The summed E-state index contributed by atoms with van der Waals surface area (Å²) in [6.45, 7) is 0. The van der Waals surface area contributed by atoms with Crippen LogP contribution in [0.3, 0.4) is 0 Å². The Labute approximate surface area is 200 Å². The van der Waals surface area contributed by atoms with Gasteiger partial charge in [-0.1, -0.05) is 37.8 Å². The fourth-order valence-corrected chi connectivity index (χ4v) is 5.16. The Balaban J connectivity index is 1.56. The highest BCUT2D eigenvalue weighted by atomic mass is 16.3. The van der Waals surface area contributed by atoms with E-state index in [1.807, 2.05) is 36.4 Å². The summed E-state index contributed by atoms with van der Waals surface area (Å²) in [6.07, 6.45) is 15.4. The predicted octanol–water partition coefficient (Wildman–Crippen LogP) is 5.11. The van der Waals surface area contributed by atoms with Crippen molar-refractivity contribution in [1.29, 1.82) is 0 Å². The highest BCUT2D eigenvalue weighted by Gasteiger charge is 2.25. The molecular formula is C28H32N4O2. The number of fused-ring (bicyclic) bond motifs is 6. The number of rotatable bonds is 0. The zero-order valence-electron chi connectivity index (χ0n) is 19.4. The van der Waals surface area contributed by atoms with E-state index in [1.165, 1.54) is 0 Å². The number of benzene rings is 2. The molecular weight excluding hydrogens is 424 g/mol. The van der Waals surface area contributed by atoms with Gasteiger partial charge in [0.05, 0.1) is 24.2 Å². The zero-order chi connectivity index (χ0) is 23.3. The first-order valence-corrected chi connectivity index (χ1v) is 12.5. The van der Waals surface area contributed by atoms with Crippen LogP contribution in [-0.2, 0) is 0 Å². The number of phenols is 2. The molecule has 2 fully saturated rings. The van der Waals surface area contributed by atoms with Crippen LogP contribution in [-0.4, -0.2) is 59.2 Å². The predicted molar refractivity (Wildman–Crippen MR) is 139 cm³/mol. The van der Waals surface area contributed by atoms with Gasteiger partial charge >= 0.3 is 0 Å². The molecule has 3 aliphatic rings. The van der Waals surface area contributed by atoms with Gasteiger partial charge in [0.2, 0.25) is 0 Å². The maximum absolute atomic E-state index is 10.9. The van der Waals surface area contributed by atoms with Crippen molar-refractivity contribution in [3.8, 4) is 11.5 Å². The van der Waals surface area contributed by atoms with Gasteiger partial charge in [0.15, 0.2) is 0 Å². The minimum atomic E-state index is 0.0514. The largest absolute Gasteiger partial charge is 0.507 e. The second-order valence-corrected chi connectivity index (χ2v) is 9.52. The summed E-state index contributed by atoms with van der Waals surface area (Å²) in [4.78, 5) is 19.3. The Hall–Kier alpha value is -3.28. The van der Waals surface area contributed by atoms with Crippen molar-refractivity contribution >= 4 is 24.9 Å². The Morgan fingerprint density at radius 3 is 1.00 bits per heavy atom. The van der Waals surface area contributed by atoms with Crippen molar-refractivity contribution in [1.82, 2.24) is 0 Å². The average Bonchev–Trinajstić information content (AvgIpc) is 2.86. The highest BCUT2D eigenvalue weighted by Crippen LogP contribution is 2.28. The van der Waals surface area contributed by atoms with Crippen molar-refractivity contribution in [2.75, 3.05) is 0 Å². The van der Waals surface area contributed by atoms with Crippen molar-refractivity contribution < 1.29 is 10.2 Å². The number of para-hydroxylation sites is 2. The Morgan fingerprint density at radius 2 is 0.735 bits per heavy atom. The van der Waals surface area contributed by atoms with Crippen LogP contribution < -0.4 is 0 Å². The fourth-order valence-electron chi connectivity index (χ4n) is 5.16. The van der Waals surface area contributed by atoms with Crippen molar-refractivity contribution in [3.63, 3.8) is 0 Å². The molecule has 34 heavy (non-hydrogen) atoms. The fraction of sp³-hybridized carbons (Fsp3) is 0.429. The SMILES string of the molecule is Oc1c2cccc1C=N[C@H]1CCCC[C@@H]1N=Cc1cccc(c1O)C=N[C@H]1CCCC[C@@H]1N=C2. The van der Waals surface area contributed by atoms with Gasteiger partial charge in [0, 0.05) is 47.1 Å². The maximum atomic E-state index is 10.9. The molecule has 0 spiro atoms. The molecule has 0 aromatic heterocycles. The second-order valence-electron chi connectivity index (χ2n) is 9.52. The van der Waals surface area contributed by atoms with Gasteiger partial charge in [-0.05, 0) is 49.9 Å². The number of nitrogens with zero attached hydrogens (tertiary/aromatic N) is 4. The molecule has 2 aromatic rings. The van der Waals surface area contributed by atoms with Crippen molar-refractivity contribution in [2.45, 2.75) is 75.5 Å². The van der Waals surface area contributed by atoms with Gasteiger partial charge in [0.1, 0.15) is 11.5 Å². The van der Waals surface area contributed by atoms with Crippen LogP contribution in [0.25, 0.3) is 0 Å². The third kappa shape index (κ3) is 4.96. The summed E-state index contributed by atoms with van der Waals surface area (Å²) >= 11 is 0. The van der Waals surface area contributed by atoms with E-state index < -0.39 is 0 Å². The molecule has 0 amide bonds. The van der Waals surface area contributed by atoms with E-state index in [9.17, 15) is 10.2 Å². The summed E-state index contributed by atoms with van der Waals surface area (Å²) in [5.74, 6) is 0.422. The standard InChI is InChI=1S/C28H32N4O2/c33-27-19-7-5-9-21(27)17-31-25-13-3-4-14-26(25)32-18-22-10-6-8-20(28(22)34)16-30-24-12-2-1-11-23(24)29-15-19/h5-10,15-18,23-26,33-34H,1-4,11-14H2/t23-,24-,25-,26-/m0/s1. The maximum Gasteiger partial charge on any atom is 0.133 e. The Morgan fingerprint density at radius 1 is 0.471 bits per heavy atom. The lowest BCUT2D eigenvalue weighted by atomic mass is 9.91. The van der Waals surface area contributed by atoms with Crippen LogP contribution in [0.1, 0.15) is 73.6 Å². The smallest absolute Gasteiger partial charge is 0.133 e. The third-order valence-electron chi connectivity index (χ3n) is 7.21. The molecule has 6 heteroatoms. The molecule has 5 rings (SSSR count). The number of hydrogen-bond donors (Lipinski definition) is 2. The molecule has 1 heterocycles. The molecule has 6 nitrogen and oxygen atoms in total. The van der Waals surface area contributed by atoms with Crippen molar-refractivity contribution in [2.24, 2.45) is 20.0 Å². The molecule has 4 atom stereocenters. The van der Waals surface area contributed by atoms with E-state index in [2.05, 4.69) is 0 Å². The molecule has 2 aromatic carbocycles. The molecule has 1 aliphatic heterocycles. The summed E-state index contributed by atoms with van der Waals surface area (Å²) in [6, 6.07) is 11.6. The molecule has 0 radical (unpaired) electrons. The number of aliphatic imine (C=N–C) groups is 4.